The molecule has 1 saturated heterocycles. The average molecular weight is 387 g/mol. The molecular weight excluding hydrogens is 358 g/mol. The van der Waals surface area contributed by atoms with Crippen molar-refractivity contribution in [3.8, 4) is 5.88 Å². The number of anilines is 1. The molecule has 1 amide bonds. The highest BCUT2D eigenvalue weighted by molar-refractivity contribution is 5.96. The van der Waals surface area contributed by atoms with E-state index in [1.165, 1.54) is 0 Å². The minimum Gasteiger partial charge on any atom is -0.470 e. The molecule has 0 aliphatic carbocycles. The Hall–Kier alpha value is -2.61. The van der Waals surface area contributed by atoms with E-state index in [0.29, 0.717) is 31.4 Å². The fraction of sp³-hybridized carbons (Fsp3) is 0.550. The summed E-state index contributed by atoms with van der Waals surface area (Å²) in [6.45, 7) is 6.59. The number of methoxy groups -OCH3 is 1. The van der Waals surface area contributed by atoms with Crippen LogP contribution in [0.15, 0.2) is 18.5 Å². The molecule has 8 heteroatoms. The minimum absolute atomic E-state index is 0.0508. The SMILES string of the molecule is COCCn1c(C)cc(C(=O)N2CCC(Oc3nccnc3N(C)C)C2)c1C. The fourth-order valence-corrected chi connectivity index (χ4v) is 3.59. The molecule has 1 fully saturated rings. The third kappa shape index (κ3) is 4.11. The Balaban J connectivity index is 1.68. The van der Waals surface area contributed by atoms with Gasteiger partial charge in [-0.05, 0) is 19.9 Å². The quantitative estimate of drug-likeness (QED) is 0.723. The molecule has 1 aliphatic rings. The highest BCUT2D eigenvalue weighted by atomic mass is 16.5. The summed E-state index contributed by atoms with van der Waals surface area (Å²) in [5.41, 5.74) is 2.80. The zero-order valence-corrected chi connectivity index (χ0v) is 17.3. The molecule has 1 unspecified atom stereocenters. The number of carbonyl (C=O) groups is 1. The molecule has 1 aliphatic heterocycles. The van der Waals surface area contributed by atoms with E-state index in [2.05, 4.69) is 14.5 Å². The van der Waals surface area contributed by atoms with Crippen molar-refractivity contribution in [2.45, 2.75) is 32.9 Å². The number of carbonyl (C=O) groups excluding carboxylic acids is 1. The molecule has 0 aromatic carbocycles. The second kappa shape index (κ2) is 8.60. The maximum Gasteiger partial charge on any atom is 0.257 e. The van der Waals surface area contributed by atoms with Gasteiger partial charge in [-0.1, -0.05) is 0 Å². The normalized spacial score (nSPS) is 16.5. The Morgan fingerprint density at radius 3 is 2.75 bits per heavy atom. The van der Waals surface area contributed by atoms with Gasteiger partial charge in [-0.2, -0.15) is 0 Å². The highest BCUT2D eigenvalue weighted by Gasteiger charge is 2.31. The minimum atomic E-state index is -0.0867. The first-order chi connectivity index (χ1) is 13.4. The lowest BCUT2D eigenvalue weighted by atomic mass is 10.2. The van der Waals surface area contributed by atoms with Crippen molar-refractivity contribution in [3.63, 3.8) is 0 Å². The van der Waals surface area contributed by atoms with E-state index in [0.717, 1.165) is 29.9 Å². The summed E-state index contributed by atoms with van der Waals surface area (Å²) in [7, 11) is 5.49. The van der Waals surface area contributed by atoms with Crippen molar-refractivity contribution >= 4 is 11.7 Å². The largest absolute Gasteiger partial charge is 0.470 e. The Morgan fingerprint density at radius 2 is 2.04 bits per heavy atom. The maximum absolute atomic E-state index is 13.1. The number of aryl methyl sites for hydroxylation is 1. The van der Waals surface area contributed by atoms with Crippen LogP contribution in [0.2, 0.25) is 0 Å². The van der Waals surface area contributed by atoms with E-state index in [1.807, 2.05) is 43.8 Å². The first-order valence-corrected chi connectivity index (χ1v) is 9.52. The lowest BCUT2D eigenvalue weighted by Gasteiger charge is -2.19. The summed E-state index contributed by atoms with van der Waals surface area (Å²) in [6, 6.07) is 1.97. The molecule has 0 radical (unpaired) electrons. The van der Waals surface area contributed by atoms with E-state index in [9.17, 15) is 4.79 Å². The van der Waals surface area contributed by atoms with Crippen LogP contribution in [-0.2, 0) is 11.3 Å². The summed E-state index contributed by atoms with van der Waals surface area (Å²) < 4.78 is 13.4. The van der Waals surface area contributed by atoms with Crippen molar-refractivity contribution in [3.05, 3.63) is 35.4 Å². The summed E-state index contributed by atoms with van der Waals surface area (Å²) in [4.78, 5) is 25.4. The molecule has 2 aromatic rings. The third-order valence-electron chi connectivity index (χ3n) is 5.10. The van der Waals surface area contributed by atoms with Gasteiger partial charge in [-0.3, -0.25) is 4.79 Å². The lowest BCUT2D eigenvalue weighted by Crippen LogP contribution is -2.31. The van der Waals surface area contributed by atoms with Gasteiger partial charge in [0.2, 0.25) is 0 Å². The van der Waals surface area contributed by atoms with Crippen molar-refractivity contribution in [1.29, 1.82) is 0 Å². The number of amides is 1. The topological polar surface area (TPSA) is 72.7 Å². The second-order valence-corrected chi connectivity index (χ2v) is 7.29. The van der Waals surface area contributed by atoms with Gasteiger partial charge < -0.3 is 23.8 Å². The molecule has 3 rings (SSSR count). The van der Waals surface area contributed by atoms with E-state index >= 15 is 0 Å². The van der Waals surface area contributed by atoms with Crippen LogP contribution in [0.1, 0.15) is 28.2 Å². The van der Waals surface area contributed by atoms with Crippen LogP contribution in [0.5, 0.6) is 5.88 Å². The lowest BCUT2D eigenvalue weighted by molar-refractivity contribution is 0.0770. The monoisotopic (exact) mass is 387 g/mol. The Labute approximate surface area is 166 Å². The van der Waals surface area contributed by atoms with Gasteiger partial charge in [0.25, 0.3) is 11.8 Å². The first kappa shape index (κ1) is 20.1. The van der Waals surface area contributed by atoms with Crippen LogP contribution in [0.25, 0.3) is 0 Å². The third-order valence-corrected chi connectivity index (χ3v) is 5.10. The van der Waals surface area contributed by atoms with Crippen LogP contribution < -0.4 is 9.64 Å². The smallest absolute Gasteiger partial charge is 0.257 e. The predicted molar refractivity (Wildman–Crippen MR) is 107 cm³/mol. The number of nitrogens with zero attached hydrogens (tertiary/aromatic N) is 5. The molecule has 8 nitrogen and oxygen atoms in total. The van der Waals surface area contributed by atoms with Crippen LogP contribution in [0.3, 0.4) is 0 Å². The predicted octanol–water partition coefficient (Wildman–Crippen LogP) is 1.90. The van der Waals surface area contributed by atoms with Crippen LogP contribution in [0, 0.1) is 13.8 Å². The van der Waals surface area contributed by atoms with Crippen LogP contribution in [-0.4, -0.2) is 72.3 Å². The van der Waals surface area contributed by atoms with Crippen molar-refractivity contribution in [2.24, 2.45) is 0 Å². The Bertz CT molecular complexity index is 833. The second-order valence-electron chi connectivity index (χ2n) is 7.29. The number of hydrogen-bond donors (Lipinski definition) is 0. The summed E-state index contributed by atoms with van der Waals surface area (Å²) in [6.07, 6.45) is 3.95. The first-order valence-electron chi connectivity index (χ1n) is 9.52. The summed E-state index contributed by atoms with van der Waals surface area (Å²) in [5, 5.41) is 0. The van der Waals surface area contributed by atoms with Gasteiger partial charge in [0, 0.05) is 64.5 Å². The van der Waals surface area contributed by atoms with Crippen LogP contribution in [0.4, 0.5) is 5.82 Å². The van der Waals surface area contributed by atoms with Gasteiger partial charge in [0.15, 0.2) is 5.82 Å². The van der Waals surface area contributed by atoms with E-state index in [4.69, 9.17) is 9.47 Å². The van der Waals surface area contributed by atoms with Crippen molar-refractivity contribution in [1.82, 2.24) is 19.4 Å². The average Bonchev–Trinajstić information content (AvgIpc) is 3.24. The molecule has 0 N–H and O–H groups in total. The number of rotatable bonds is 7. The van der Waals surface area contributed by atoms with Gasteiger partial charge >= 0.3 is 0 Å². The van der Waals surface area contributed by atoms with E-state index in [1.54, 1.807) is 19.5 Å². The number of ether oxygens (including phenoxy) is 2. The molecule has 0 saturated carbocycles. The van der Waals surface area contributed by atoms with E-state index in [-0.39, 0.29) is 12.0 Å². The number of hydrogen-bond acceptors (Lipinski definition) is 6. The standard InChI is InChI=1S/C20H29N5O3/c1-14-12-17(15(2)25(14)10-11-27-5)20(26)24-9-6-16(13-24)28-19-18(23(3)4)21-7-8-22-19/h7-8,12,16H,6,9-11,13H2,1-5H3. The number of likely N-dealkylation sites (tertiary alicyclic amines) is 1. The zero-order chi connectivity index (χ0) is 20.3. The van der Waals surface area contributed by atoms with E-state index < -0.39 is 0 Å². The van der Waals surface area contributed by atoms with Gasteiger partial charge in [-0.15, -0.1) is 0 Å². The van der Waals surface area contributed by atoms with Crippen LogP contribution >= 0.6 is 0 Å². The molecule has 28 heavy (non-hydrogen) atoms. The van der Waals surface area contributed by atoms with Gasteiger partial charge in [0.1, 0.15) is 6.10 Å². The van der Waals surface area contributed by atoms with Crippen molar-refractivity contribution < 1.29 is 14.3 Å². The molecule has 2 aromatic heterocycles. The molecule has 0 bridgehead atoms. The Kier molecular flexibility index (Phi) is 6.18. The fourth-order valence-electron chi connectivity index (χ4n) is 3.59. The molecule has 0 spiro atoms. The molecule has 152 valence electrons. The maximum atomic E-state index is 13.1. The van der Waals surface area contributed by atoms with Crippen molar-refractivity contribution in [2.75, 3.05) is 45.8 Å². The van der Waals surface area contributed by atoms with Gasteiger partial charge in [0.05, 0.1) is 18.7 Å². The molecule has 1 atom stereocenters. The van der Waals surface area contributed by atoms with Gasteiger partial charge in [-0.25, -0.2) is 9.97 Å². The number of aromatic nitrogens is 3. The highest BCUT2D eigenvalue weighted by Crippen LogP contribution is 2.25. The molecule has 3 heterocycles. The summed E-state index contributed by atoms with van der Waals surface area (Å²) in [5.74, 6) is 1.24. The zero-order valence-electron chi connectivity index (χ0n) is 17.3. The molecular formula is C20H29N5O3. The Morgan fingerprint density at radius 1 is 1.29 bits per heavy atom. The summed E-state index contributed by atoms with van der Waals surface area (Å²) >= 11 is 0.